The lowest BCUT2D eigenvalue weighted by atomic mass is 10.0. The number of hydrogen-bond donors (Lipinski definition) is 0. The zero-order chi connectivity index (χ0) is 19.7. The van der Waals surface area contributed by atoms with E-state index in [1.54, 1.807) is 0 Å². The van der Waals surface area contributed by atoms with Gasteiger partial charge in [0.15, 0.2) is 0 Å². The number of morpholine rings is 1. The molecule has 8 nitrogen and oxygen atoms in total. The van der Waals surface area contributed by atoms with Crippen LogP contribution in [0.15, 0.2) is 30.0 Å². The summed E-state index contributed by atoms with van der Waals surface area (Å²) in [5.74, 6) is -0.658. The number of carbonyl (C=O) groups is 2. The molecule has 27 heavy (non-hydrogen) atoms. The first-order valence-corrected chi connectivity index (χ1v) is 9.09. The summed E-state index contributed by atoms with van der Waals surface area (Å²) in [5.41, 5.74) is 1.13. The van der Waals surface area contributed by atoms with Gasteiger partial charge in [-0.3, -0.25) is 24.6 Å². The van der Waals surface area contributed by atoms with Crippen molar-refractivity contribution in [3.63, 3.8) is 0 Å². The summed E-state index contributed by atoms with van der Waals surface area (Å²) in [4.78, 5) is 39.6. The maximum Gasteiger partial charge on any atom is 0.277 e. The topological polar surface area (TPSA) is 93.0 Å². The molecule has 2 amide bonds. The van der Waals surface area contributed by atoms with Crippen LogP contribution >= 0.6 is 0 Å². The minimum Gasteiger partial charge on any atom is -0.372 e. The highest BCUT2D eigenvalue weighted by atomic mass is 16.6. The van der Waals surface area contributed by atoms with Crippen LogP contribution in [0.5, 0.6) is 0 Å². The molecule has 2 aliphatic heterocycles. The number of non-ortho nitro benzene ring substituents is 1. The van der Waals surface area contributed by atoms with Gasteiger partial charge < -0.3 is 9.64 Å². The second-order valence-corrected chi connectivity index (χ2v) is 6.95. The third-order valence-electron chi connectivity index (χ3n) is 4.69. The number of imide groups is 1. The Labute approximate surface area is 157 Å². The van der Waals surface area contributed by atoms with Gasteiger partial charge >= 0.3 is 0 Å². The lowest BCUT2D eigenvalue weighted by Gasteiger charge is -2.37. The standard InChI is InChI=1S/C19H23N3O5/c1-4-9-21-18(23)16(14-5-7-15(8-6-14)22(25)26)17(19(21)24)20-10-12(2)27-13(3)11-20/h5-8,12-13H,4,9-11H2,1-3H3. The molecule has 2 aliphatic rings. The van der Waals surface area contributed by atoms with E-state index in [1.807, 2.05) is 25.7 Å². The highest BCUT2D eigenvalue weighted by molar-refractivity contribution is 6.35. The predicted molar refractivity (Wildman–Crippen MR) is 98.6 cm³/mol. The predicted octanol–water partition coefficient (Wildman–Crippen LogP) is 2.19. The molecule has 2 heterocycles. The van der Waals surface area contributed by atoms with E-state index in [0.717, 1.165) is 0 Å². The summed E-state index contributed by atoms with van der Waals surface area (Å²) in [7, 11) is 0. The van der Waals surface area contributed by atoms with Gasteiger partial charge in [-0.25, -0.2) is 0 Å². The molecular weight excluding hydrogens is 350 g/mol. The molecule has 1 aromatic carbocycles. The Morgan fingerprint density at radius 2 is 1.70 bits per heavy atom. The quantitative estimate of drug-likeness (QED) is 0.446. The fraction of sp³-hybridized carbons (Fsp3) is 0.474. The molecule has 2 atom stereocenters. The van der Waals surface area contributed by atoms with Crippen molar-refractivity contribution in [1.29, 1.82) is 0 Å². The molecule has 8 heteroatoms. The first kappa shape index (κ1) is 19.0. The van der Waals surface area contributed by atoms with E-state index < -0.39 is 4.92 Å². The lowest BCUT2D eigenvalue weighted by Crippen LogP contribution is -2.47. The van der Waals surface area contributed by atoms with Gasteiger partial charge in [0, 0.05) is 31.8 Å². The van der Waals surface area contributed by atoms with Crippen LogP contribution in [0.3, 0.4) is 0 Å². The Hall–Kier alpha value is -2.74. The molecule has 0 bridgehead atoms. The van der Waals surface area contributed by atoms with Gasteiger partial charge in [0.1, 0.15) is 5.70 Å². The SMILES string of the molecule is CCCN1C(=O)C(c2ccc([N+](=O)[O-])cc2)=C(N2CC(C)OC(C)C2)C1=O. The van der Waals surface area contributed by atoms with Crippen molar-refractivity contribution in [1.82, 2.24) is 9.80 Å². The van der Waals surface area contributed by atoms with Crippen LogP contribution in [0, 0.1) is 10.1 Å². The molecule has 1 saturated heterocycles. The van der Waals surface area contributed by atoms with Crippen LogP contribution in [0.25, 0.3) is 5.57 Å². The Balaban J connectivity index is 2.07. The summed E-state index contributed by atoms with van der Waals surface area (Å²) in [6.07, 6.45) is 0.527. The number of ether oxygens (including phenoxy) is 1. The van der Waals surface area contributed by atoms with Crippen LogP contribution < -0.4 is 0 Å². The smallest absolute Gasteiger partial charge is 0.277 e. The van der Waals surface area contributed by atoms with Crippen LogP contribution in [0.1, 0.15) is 32.8 Å². The van der Waals surface area contributed by atoms with E-state index in [0.29, 0.717) is 42.9 Å². The molecule has 0 saturated carbocycles. The van der Waals surface area contributed by atoms with Gasteiger partial charge in [-0.1, -0.05) is 6.92 Å². The van der Waals surface area contributed by atoms with Crippen LogP contribution in [0.4, 0.5) is 5.69 Å². The van der Waals surface area contributed by atoms with Gasteiger partial charge in [0.2, 0.25) is 0 Å². The van der Waals surface area contributed by atoms with E-state index in [2.05, 4.69) is 0 Å². The van der Waals surface area contributed by atoms with Crippen molar-refractivity contribution in [3.8, 4) is 0 Å². The number of nitro groups is 1. The maximum absolute atomic E-state index is 13.0. The van der Waals surface area contributed by atoms with Gasteiger partial charge in [-0.2, -0.15) is 0 Å². The molecule has 0 spiro atoms. The largest absolute Gasteiger partial charge is 0.372 e. The highest BCUT2D eigenvalue weighted by Gasteiger charge is 2.42. The van der Waals surface area contributed by atoms with E-state index in [4.69, 9.17) is 4.74 Å². The van der Waals surface area contributed by atoms with Gasteiger partial charge in [0.25, 0.3) is 17.5 Å². The van der Waals surface area contributed by atoms with E-state index >= 15 is 0 Å². The van der Waals surface area contributed by atoms with Crippen molar-refractivity contribution in [2.24, 2.45) is 0 Å². The first-order chi connectivity index (χ1) is 12.8. The van der Waals surface area contributed by atoms with Gasteiger partial charge in [-0.05, 0) is 38.0 Å². The number of amides is 2. The average molecular weight is 373 g/mol. The number of nitro benzene ring substituents is 1. The Morgan fingerprint density at radius 3 is 2.22 bits per heavy atom. The fourth-order valence-electron chi connectivity index (χ4n) is 3.65. The van der Waals surface area contributed by atoms with Gasteiger partial charge in [-0.15, -0.1) is 0 Å². The van der Waals surface area contributed by atoms with Crippen molar-refractivity contribution in [2.75, 3.05) is 19.6 Å². The number of hydrogen-bond acceptors (Lipinski definition) is 6. The highest BCUT2D eigenvalue weighted by Crippen LogP contribution is 2.33. The number of nitrogens with zero attached hydrogens (tertiary/aromatic N) is 3. The Morgan fingerprint density at radius 1 is 1.11 bits per heavy atom. The molecule has 0 radical (unpaired) electrons. The van der Waals surface area contributed by atoms with Crippen molar-refractivity contribution >= 4 is 23.1 Å². The fourth-order valence-corrected chi connectivity index (χ4v) is 3.65. The first-order valence-electron chi connectivity index (χ1n) is 9.09. The van der Waals surface area contributed by atoms with E-state index in [-0.39, 0.29) is 29.7 Å². The van der Waals surface area contributed by atoms with Crippen molar-refractivity contribution in [2.45, 2.75) is 39.4 Å². The van der Waals surface area contributed by atoms with Crippen molar-refractivity contribution in [3.05, 3.63) is 45.6 Å². The lowest BCUT2D eigenvalue weighted by molar-refractivity contribution is -0.384. The average Bonchev–Trinajstić information content (AvgIpc) is 2.86. The second kappa shape index (κ2) is 7.48. The third kappa shape index (κ3) is 3.57. The van der Waals surface area contributed by atoms with Gasteiger partial charge in [0.05, 0.1) is 22.7 Å². The Kier molecular flexibility index (Phi) is 5.27. The van der Waals surface area contributed by atoms with E-state index in [1.165, 1.54) is 29.2 Å². The third-order valence-corrected chi connectivity index (χ3v) is 4.69. The monoisotopic (exact) mass is 373 g/mol. The van der Waals surface area contributed by atoms with Crippen LogP contribution in [-0.2, 0) is 14.3 Å². The number of carbonyl (C=O) groups excluding carboxylic acids is 2. The molecule has 1 fully saturated rings. The molecule has 3 rings (SSSR count). The minimum absolute atomic E-state index is 0.0586. The molecule has 0 aromatic heterocycles. The number of benzene rings is 1. The van der Waals surface area contributed by atoms with Crippen molar-refractivity contribution < 1.29 is 19.2 Å². The zero-order valence-electron chi connectivity index (χ0n) is 15.7. The van der Waals surface area contributed by atoms with E-state index in [9.17, 15) is 19.7 Å². The molecule has 2 unspecified atom stereocenters. The molecule has 144 valence electrons. The zero-order valence-corrected chi connectivity index (χ0v) is 15.7. The Bertz CT molecular complexity index is 792. The summed E-state index contributed by atoms with van der Waals surface area (Å²) >= 11 is 0. The summed E-state index contributed by atoms with van der Waals surface area (Å²) < 4.78 is 5.75. The molecule has 0 N–H and O–H groups in total. The maximum atomic E-state index is 13.0. The second-order valence-electron chi connectivity index (χ2n) is 6.95. The normalized spacial score (nSPS) is 23.4. The number of rotatable bonds is 5. The summed E-state index contributed by atoms with van der Waals surface area (Å²) in [5, 5.41) is 10.9. The molecule has 1 aromatic rings. The summed E-state index contributed by atoms with van der Waals surface area (Å²) in [6, 6.07) is 5.76. The summed E-state index contributed by atoms with van der Waals surface area (Å²) in [6.45, 7) is 7.13. The minimum atomic E-state index is -0.491. The van der Waals surface area contributed by atoms with Crippen LogP contribution in [0.2, 0.25) is 0 Å². The molecule has 0 aliphatic carbocycles. The molecular formula is C19H23N3O5. The van der Waals surface area contributed by atoms with Crippen LogP contribution in [-0.4, -0.2) is 58.4 Å².